The number of nitrogen functional groups attached to an aromatic ring is 1. The smallest absolute Gasteiger partial charge is 0.131 e. The Morgan fingerprint density at radius 2 is 2.10 bits per heavy atom. The maximum absolute atomic E-state index is 9.03. The van der Waals surface area contributed by atoms with E-state index in [-0.39, 0.29) is 0 Å². The molecule has 2 N–H and O–H groups in total. The summed E-state index contributed by atoms with van der Waals surface area (Å²) in [6.07, 6.45) is 4.18. The van der Waals surface area contributed by atoms with E-state index in [1.807, 2.05) is 18.2 Å². The van der Waals surface area contributed by atoms with Gasteiger partial charge in [0.1, 0.15) is 17.3 Å². The molecule has 0 aliphatic rings. The van der Waals surface area contributed by atoms with Gasteiger partial charge in [-0.1, -0.05) is 32.4 Å². The Morgan fingerprint density at radius 3 is 2.76 bits per heavy atom. The van der Waals surface area contributed by atoms with Gasteiger partial charge in [0, 0.05) is 18.5 Å². The summed E-state index contributed by atoms with van der Waals surface area (Å²) in [4.78, 5) is 4.73. The van der Waals surface area contributed by atoms with Crippen molar-refractivity contribution in [3.63, 3.8) is 0 Å². The molecule has 0 bridgehead atoms. The second-order valence-electron chi connectivity index (χ2n) is 5.21. The Bertz CT molecular complexity index is 649. The second-order valence-corrected chi connectivity index (χ2v) is 5.21. The van der Waals surface area contributed by atoms with Crippen molar-refractivity contribution in [3.8, 4) is 17.3 Å². The highest BCUT2D eigenvalue weighted by Crippen LogP contribution is 2.28. The first-order valence-corrected chi connectivity index (χ1v) is 7.56. The first kappa shape index (κ1) is 15.1. The molecule has 0 unspecified atom stereocenters. The number of aromatic nitrogens is 2. The molecule has 0 fully saturated rings. The summed E-state index contributed by atoms with van der Waals surface area (Å²) in [6.45, 7) is 5.22. The highest BCUT2D eigenvalue weighted by Gasteiger charge is 2.15. The molecule has 21 heavy (non-hydrogen) atoms. The van der Waals surface area contributed by atoms with E-state index in [0.29, 0.717) is 11.4 Å². The van der Waals surface area contributed by atoms with Gasteiger partial charge in [0.15, 0.2) is 0 Å². The number of nitriles is 1. The number of benzene rings is 1. The van der Waals surface area contributed by atoms with Gasteiger partial charge in [0.2, 0.25) is 0 Å². The van der Waals surface area contributed by atoms with Crippen molar-refractivity contribution in [2.45, 2.75) is 46.1 Å². The number of unbranched alkanes of at least 4 members (excludes halogenated alkanes) is 1. The molecular formula is C17H22N4. The predicted octanol–water partition coefficient (Wildman–Crippen LogP) is 3.76. The lowest BCUT2D eigenvalue weighted by atomic mass is 10.1. The lowest BCUT2D eigenvalue weighted by Gasteiger charge is -2.08. The molecule has 2 rings (SSSR count). The summed E-state index contributed by atoms with van der Waals surface area (Å²) in [5.74, 6) is 1.75. The third-order valence-electron chi connectivity index (χ3n) is 3.56. The summed E-state index contributed by atoms with van der Waals surface area (Å²) >= 11 is 0. The molecular weight excluding hydrogens is 260 g/mol. The van der Waals surface area contributed by atoms with E-state index in [2.05, 4.69) is 24.5 Å². The van der Waals surface area contributed by atoms with Crippen molar-refractivity contribution >= 4 is 5.82 Å². The number of rotatable bonds is 6. The molecule has 0 spiro atoms. The Hall–Kier alpha value is -2.28. The van der Waals surface area contributed by atoms with E-state index in [1.54, 1.807) is 6.07 Å². The topological polar surface area (TPSA) is 67.6 Å². The van der Waals surface area contributed by atoms with Crippen LogP contribution in [0.2, 0.25) is 0 Å². The first-order valence-electron chi connectivity index (χ1n) is 7.56. The third kappa shape index (κ3) is 3.25. The van der Waals surface area contributed by atoms with Gasteiger partial charge in [-0.3, -0.25) is 0 Å². The fourth-order valence-electron chi connectivity index (χ4n) is 2.44. The zero-order valence-electron chi connectivity index (χ0n) is 12.8. The molecule has 0 atom stereocenters. The van der Waals surface area contributed by atoms with Crippen LogP contribution in [0.3, 0.4) is 0 Å². The van der Waals surface area contributed by atoms with Crippen molar-refractivity contribution in [2.24, 2.45) is 0 Å². The van der Waals surface area contributed by atoms with Crippen molar-refractivity contribution in [3.05, 3.63) is 35.7 Å². The second kappa shape index (κ2) is 6.94. The highest BCUT2D eigenvalue weighted by molar-refractivity contribution is 5.72. The number of nitrogens with two attached hydrogens (primary N) is 1. The van der Waals surface area contributed by atoms with Crippen LogP contribution in [0.25, 0.3) is 11.3 Å². The van der Waals surface area contributed by atoms with Gasteiger partial charge in [0.25, 0.3) is 0 Å². The summed E-state index contributed by atoms with van der Waals surface area (Å²) < 4.78 is 2.13. The monoisotopic (exact) mass is 282 g/mol. The van der Waals surface area contributed by atoms with E-state index in [4.69, 9.17) is 16.0 Å². The van der Waals surface area contributed by atoms with E-state index in [0.717, 1.165) is 49.3 Å². The van der Waals surface area contributed by atoms with Crippen molar-refractivity contribution < 1.29 is 0 Å². The molecule has 1 aromatic carbocycles. The van der Waals surface area contributed by atoms with E-state index < -0.39 is 0 Å². The minimum absolute atomic E-state index is 0.632. The van der Waals surface area contributed by atoms with Crippen LogP contribution in [0, 0.1) is 11.3 Å². The summed E-state index contributed by atoms with van der Waals surface area (Å²) in [5, 5.41) is 9.03. The highest BCUT2D eigenvalue weighted by atomic mass is 15.1. The lowest BCUT2D eigenvalue weighted by molar-refractivity contribution is 0.604. The molecule has 0 saturated heterocycles. The number of anilines is 1. The van der Waals surface area contributed by atoms with Gasteiger partial charge in [-0.25, -0.2) is 4.98 Å². The number of aryl methyl sites for hydroxylation is 1. The molecule has 2 aromatic rings. The van der Waals surface area contributed by atoms with Crippen molar-refractivity contribution in [1.82, 2.24) is 9.55 Å². The lowest BCUT2D eigenvalue weighted by Crippen LogP contribution is -2.07. The third-order valence-corrected chi connectivity index (χ3v) is 3.56. The molecule has 0 amide bonds. The van der Waals surface area contributed by atoms with Crippen LogP contribution in [0.1, 0.15) is 44.5 Å². The molecule has 0 saturated carbocycles. The van der Waals surface area contributed by atoms with Gasteiger partial charge < -0.3 is 10.3 Å². The number of hydrogen-bond acceptors (Lipinski definition) is 3. The molecule has 0 aliphatic carbocycles. The van der Waals surface area contributed by atoms with Crippen LogP contribution in [0.5, 0.6) is 0 Å². The molecule has 110 valence electrons. The molecule has 0 radical (unpaired) electrons. The van der Waals surface area contributed by atoms with E-state index in [9.17, 15) is 0 Å². The van der Waals surface area contributed by atoms with Gasteiger partial charge in [-0.15, -0.1) is 0 Å². The van der Waals surface area contributed by atoms with Gasteiger partial charge in [-0.2, -0.15) is 5.26 Å². The van der Waals surface area contributed by atoms with Gasteiger partial charge in [-0.05, 0) is 25.0 Å². The molecule has 0 aliphatic heterocycles. The Kier molecular flexibility index (Phi) is 4.99. The summed E-state index contributed by atoms with van der Waals surface area (Å²) in [6, 6.07) is 9.63. The van der Waals surface area contributed by atoms with Crippen LogP contribution in [-0.2, 0) is 13.0 Å². The standard InChI is InChI=1S/C17H22N4/c1-3-5-10-21-15(7-4-2)20-16(17(21)19)14-9-6-8-13(11-14)12-18/h6,8-9,11H,3-5,7,10,19H2,1-2H3. The van der Waals surface area contributed by atoms with Gasteiger partial charge in [0.05, 0.1) is 11.6 Å². The van der Waals surface area contributed by atoms with Crippen LogP contribution in [0.15, 0.2) is 24.3 Å². The van der Waals surface area contributed by atoms with Crippen LogP contribution < -0.4 is 5.73 Å². The normalized spacial score (nSPS) is 10.5. The maximum Gasteiger partial charge on any atom is 0.131 e. The SMILES string of the molecule is CCCCn1c(CCC)nc(-c2cccc(C#N)c2)c1N. The summed E-state index contributed by atoms with van der Waals surface area (Å²) in [5.41, 5.74) is 8.66. The van der Waals surface area contributed by atoms with E-state index in [1.165, 1.54) is 0 Å². The average molecular weight is 282 g/mol. The Morgan fingerprint density at radius 1 is 1.29 bits per heavy atom. The zero-order chi connectivity index (χ0) is 15.2. The minimum Gasteiger partial charge on any atom is -0.383 e. The maximum atomic E-state index is 9.03. The number of imidazole rings is 1. The van der Waals surface area contributed by atoms with E-state index >= 15 is 0 Å². The first-order chi connectivity index (χ1) is 10.2. The zero-order valence-corrected chi connectivity index (χ0v) is 12.8. The molecule has 1 aromatic heterocycles. The molecule has 4 nitrogen and oxygen atoms in total. The Balaban J connectivity index is 2.46. The largest absolute Gasteiger partial charge is 0.383 e. The van der Waals surface area contributed by atoms with Gasteiger partial charge >= 0.3 is 0 Å². The minimum atomic E-state index is 0.632. The number of nitrogens with zero attached hydrogens (tertiary/aromatic N) is 3. The Labute approximate surface area is 126 Å². The van der Waals surface area contributed by atoms with Crippen molar-refractivity contribution in [1.29, 1.82) is 5.26 Å². The van der Waals surface area contributed by atoms with Crippen molar-refractivity contribution in [2.75, 3.05) is 5.73 Å². The number of hydrogen-bond donors (Lipinski definition) is 1. The molecule has 4 heteroatoms. The van der Waals surface area contributed by atoms with Crippen LogP contribution in [0.4, 0.5) is 5.82 Å². The van der Waals surface area contributed by atoms with Crippen LogP contribution >= 0.6 is 0 Å². The average Bonchev–Trinajstić information content (AvgIpc) is 2.82. The fourth-order valence-corrected chi connectivity index (χ4v) is 2.44. The van der Waals surface area contributed by atoms with Crippen LogP contribution in [-0.4, -0.2) is 9.55 Å². The fraction of sp³-hybridized carbons (Fsp3) is 0.412. The molecule has 1 heterocycles. The summed E-state index contributed by atoms with van der Waals surface area (Å²) in [7, 11) is 0. The quantitative estimate of drug-likeness (QED) is 0.877. The predicted molar refractivity (Wildman–Crippen MR) is 85.7 cm³/mol.